The summed E-state index contributed by atoms with van der Waals surface area (Å²) in [4.78, 5) is 22.1. The van der Waals surface area contributed by atoms with Crippen molar-refractivity contribution < 1.29 is 9.72 Å². The van der Waals surface area contributed by atoms with Crippen molar-refractivity contribution in [2.75, 3.05) is 5.32 Å². The summed E-state index contributed by atoms with van der Waals surface area (Å²) >= 11 is 0. The molecule has 0 saturated carbocycles. The van der Waals surface area contributed by atoms with Crippen molar-refractivity contribution in [1.82, 2.24) is 0 Å². The molecular formula is C16H14N2O3. The number of nitro groups is 1. The maximum atomic E-state index is 11.9. The van der Waals surface area contributed by atoms with E-state index in [1.165, 1.54) is 18.2 Å². The van der Waals surface area contributed by atoms with E-state index < -0.39 is 4.92 Å². The summed E-state index contributed by atoms with van der Waals surface area (Å²) < 4.78 is 0. The van der Waals surface area contributed by atoms with Crippen LogP contribution >= 0.6 is 0 Å². The predicted octanol–water partition coefficient (Wildman–Crippen LogP) is 3.56. The Kier molecular flexibility index (Phi) is 4.46. The molecule has 0 aliphatic carbocycles. The topological polar surface area (TPSA) is 72.2 Å². The van der Waals surface area contributed by atoms with Gasteiger partial charge in [0.15, 0.2) is 0 Å². The summed E-state index contributed by atoms with van der Waals surface area (Å²) in [6.45, 7) is 1.78. The molecule has 106 valence electrons. The van der Waals surface area contributed by atoms with Gasteiger partial charge in [-0.05, 0) is 24.1 Å². The zero-order chi connectivity index (χ0) is 15.2. The first-order valence-electron chi connectivity index (χ1n) is 6.35. The first-order chi connectivity index (χ1) is 10.1. The summed E-state index contributed by atoms with van der Waals surface area (Å²) in [6, 6.07) is 13.8. The molecule has 1 N–H and O–H groups in total. The first kappa shape index (κ1) is 14.5. The van der Waals surface area contributed by atoms with Crippen LogP contribution in [0.5, 0.6) is 0 Å². The quantitative estimate of drug-likeness (QED) is 0.529. The van der Waals surface area contributed by atoms with Gasteiger partial charge in [-0.2, -0.15) is 0 Å². The van der Waals surface area contributed by atoms with Crippen molar-refractivity contribution in [2.45, 2.75) is 6.92 Å². The number of carbonyl (C=O) groups is 1. The summed E-state index contributed by atoms with van der Waals surface area (Å²) in [5.41, 5.74) is 2.06. The molecule has 0 aromatic heterocycles. The summed E-state index contributed by atoms with van der Waals surface area (Å²) in [7, 11) is 0. The molecule has 2 rings (SSSR count). The molecule has 0 fully saturated rings. The molecule has 0 spiro atoms. The Hall–Kier alpha value is -2.95. The van der Waals surface area contributed by atoms with E-state index in [2.05, 4.69) is 5.32 Å². The molecule has 0 radical (unpaired) electrons. The molecule has 0 aliphatic heterocycles. The Labute approximate surface area is 122 Å². The van der Waals surface area contributed by atoms with Crippen molar-refractivity contribution in [3.05, 3.63) is 75.8 Å². The van der Waals surface area contributed by atoms with Crippen LogP contribution < -0.4 is 5.32 Å². The molecule has 0 aliphatic rings. The zero-order valence-corrected chi connectivity index (χ0v) is 11.4. The van der Waals surface area contributed by atoms with Gasteiger partial charge in [0.2, 0.25) is 5.91 Å². The van der Waals surface area contributed by atoms with Crippen LogP contribution in [0.15, 0.2) is 54.6 Å². The van der Waals surface area contributed by atoms with Gasteiger partial charge in [-0.1, -0.05) is 36.4 Å². The van der Waals surface area contributed by atoms with E-state index in [0.717, 1.165) is 11.1 Å². The number of benzene rings is 2. The maximum Gasteiger partial charge on any atom is 0.271 e. The van der Waals surface area contributed by atoms with E-state index >= 15 is 0 Å². The van der Waals surface area contributed by atoms with E-state index in [4.69, 9.17) is 0 Å². The molecule has 0 bridgehead atoms. The fraction of sp³-hybridized carbons (Fsp3) is 0.0625. The maximum absolute atomic E-state index is 11.9. The Bertz CT molecular complexity index is 694. The summed E-state index contributed by atoms with van der Waals surface area (Å²) in [5, 5.41) is 13.4. The minimum absolute atomic E-state index is 0.0528. The number of carbonyl (C=O) groups excluding carboxylic acids is 1. The van der Waals surface area contributed by atoms with Gasteiger partial charge < -0.3 is 5.32 Å². The highest BCUT2D eigenvalue weighted by molar-refractivity contribution is 6.02. The Balaban J connectivity index is 2.11. The Morgan fingerprint density at radius 3 is 2.57 bits per heavy atom. The second-order valence-corrected chi connectivity index (χ2v) is 4.49. The predicted molar refractivity (Wildman–Crippen MR) is 81.9 cm³/mol. The largest absolute Gasteiger partial charge is 0.322 e. The van der Waals surface area contributed by atoms with Crippen LogP contribution in [0.25, 0.3) is 6.08 Å². The van der Waals surface area contributed by atoms with Crippen molar-refractivity contribution in [1.29, 1.82) is 0 Å². The van der Waals surface area contributed by atoms with Crippen LogP contribution in [0.1, 0.15) is 11.1 Å². The van der Waals surface area contributed by atoms with Crippen LogP contribution in [0.4, 0.5) is 11.4 Å². The third-order valence-corrected chi connectivity index (χ3v) is 2.92. The normalized spacial score (nSPS) is 10.5. The summed E-state index contributed by atoms with van der Waals surface area (Å²) in [6.07, 6.45) is 3.08. The van der Waals surface area contributed by atoms with E-state index in [0.29, 0.717) is 5.69 Å². The number of hydrogen-bond donors (Lipinski definition) is 1. The van der Waals surface area contributed by atoms with Gasteiger partial charge in [-0.3, -0.25) is 14.9 Å². The smallest absolute Gasteiger partial charge is 0.271 e. The number of nitrogens with one attached hydrogen (secondary N) is 1. The Morgan fingerprint density at radius 1 is 1.19 bits per heavy atom. The number of nitrogens with zero attached hydrogens (tertiary/aromatic N) is 1. The molecule has 2 aromatic rings. The van der Waals surface area contributed by atoms with Crippen LogP contribution in [-0.4, -0.2) is 10.8 Å². The lowest BCUT2D eigenvalue weighted by Gasteiger charge is -2.05. The molecule has 1 amide bonds. The molecule has 0 unspecified atom stereocenters. The molecule has 0 atom stereocenters. The highest BCUT2D eigenvalue weighted by atomic mass is 16.6. The fourth-order valence-electron chi connectivity index (χ4n) is 1.77. The van der Waals surface area contributed by atoms with E-state index in [9.17, 15) is 14.9 Å². The van der Waals surface area contributed by atoms with Gasteiger partial charge in [0.1, 0.15) is 0 Å². The molecular weight excluding hydrogens is 268 g/mol. The SMILES string of the molecule is Cc1ccc([N+](=O)[O-])cc1NC(=O)/C=C/c1ccccc1. The second-order valence-electron chi connectivity index (χ2n) is 4.49. The zero-order valence-electron chi connectivity index (χ0n) is 11.4. The van der Waals surface area contributed by atoms with Crippen LogP contribution in [0, 0.1) is 17.0 Å². The highest BCUT2D eigenvalue weighted by Gasteiger charge is 2.09. The minimum atomic E-state index is -0.491. The van der Waals surface area contributed by atoms with Gasteiger partial charge >= 0.3 is 0 Å². The molecule has 2 aromatic carbocycles. The summed E-state index contributed by atoms with van der Waals surface area (Å²) in [5.74, 6) is -0.331. The average molecular weight is 282 g/mol. The van der Waals surface area contributed by atoms with Gasteiger partial charge in [0.25, 0.3) is 5.69 Å². The van der Waals surface area contributed by atoms with Crippen molar-refractivity contribution in [3.8, 4) is 0 Å². The molecule has 5 nitrogen and oxygen atoms in total. The Morgan fingerprint density at radius 2 is 1.90 bits per heavy atom. The van der Waals surface area contributed by atoms with Crippen molar-refractivity contribution in [3.63, 3.8) is 0 Å². The number of anilines is 1. The fourth-order valence-corrected chi connectivity index (χ4v) is 1.77. The molecule has 0 saturated heterocycles. The first-order valence-corrected chi connectivity index (χ1v) is 6.35. The lowest BCUT2D eigenvalue weighted by molar-refractivity contribution is -0.384. The number of hydrogen-bond acceptors (Lipinski definition) is 3. The molecule has 5 heteroatoms. The van der Waals surface area contributed by atoms with Crippen LogP contribution in [0.2, 0.25) is 0 Å². The average Bonchev–Trinajstić information content (AvgIpc) is 2.48. The number of rotatable bonds is 4. The second kappa shape index (κ2) is 6.47. The highest BCUT2D eigenvalue weighted by Crippen LogP contribution is 2.21. The van der Waals surface area contributed by atoms with E-state index in [1.807, 2.05) is 30.3 Å². The van der Waals surface area contributed by atoms with Gasteiger partial charge in [-0.15, -0.1) is 0 Å². The van der Waals surface area contributed by atoms with Crippen molar-refractivity contribution >= 4 is 23.4 Å². The standard InChI is InChI=1S/C16H14N2O3/c1-12-7-9-14(18(20)21)11-15(12)17-16(19)10-8-13-5-3-2-4-6-13/h2-11H,1H3,(H,17,19)/b10-8+. The lowest BCUT2D eigenvalue weighted by atomic mass is 10.1. The number of amides is 1. The number of non-ortho nitro benzene ring substituents is 1. The third kappa shape index (κ3) is 4.01. The monoisotopic (exact) mass is 282 g/mol. The number of nitro benzene ring substituents is 1. The van der Waals surface area contributed by atoms with Gasteiger partial charge in [-0.25, -0.2) is 0 Å². The molecule has 0 heterocycles. The molecule has 21 heavy (non-hydrogen) atoms. The lowest BCUT2D eigenvalue weighted by Crippen LogP contribution is -2.09. The number of aryl methyl sites for hydroxylation is 1. The van der Waals surface area contributed by atoms with Crippen molar-refractivity contribution in [2.24, 2.45) is 0 Å². The minimum Gasteiger partial charge on any atom is -0.322 e. The van der Waals surface area contributed by atoms with Crippen LogP contribution in [-0.2, 0) is 4.79 Å². The van der Waals surface area contributed by atoms with Gasteiger partial charge in [0.05, 0.1) is 10.6 Å². The third-order valence-electron chi connectivity index (χ3n) is 2.92. The van der Waals surface area contributed by atoms with Gasteiger partial charge in [0, 0.05) is 18.2 Å². The van der Waals surface area contributed by atoms with E-state index in [1.54, 1.807) is 19.1 Å². The van der Waals surface area contributed by atoms with Crippen LogP contribution in [0.3, 0.4) is 0 Å². The van der Waals surface area contributed by atoms with E-state index in [-0.39, 0.29) is 11.6 Å².